The first-order chi connectivity index (χ1) is 6.16. The zero-order chi connectivity index (χ0) is 9.84. The van der Waals surface area contributed by atoms with E-state index in [0.717, 1.165) is 18.1 Å². The van der Waals surface area contributed by atoms with Gasteiger partial charge in [0.25, 0.3) is 0 Å². The van der Waals surface area contributed by atoms with Gasteiger partial charge in [-0.25, -0.2) is 0 Å². The van der Waals surface area contributed by atoms with Crippen LogP contribution >= 0.6 is 11.8 Å². The van der Waals surface area contributed by atoms with Gasteiger partial charge in [0, 0.05) is 12.2 Å². The number of rotatable bonds is 3. The fourth-order valence-electron chi connectivity index (χ4n) is 1.29. The molecule has 0 atom stereocenters. The Morgan fingerprint density at radius 1 is 1.77 bits per heavy atom. The van der Waals surface area contributed by atoms with Crippen LogP contribution in [-0.4, -0.2) is 29.5 Å². The number of amides is 1. The van der Waals surface area contributed by atoms with Crippen molar-refractivity contribution in [2.24, 2.45) is 5.73 Å². The van der Waals surface area contributed by atoms with Gasteiger partial charge in [-0.15, -0.1) is 11.8 Å². The SMILES string of the molecule is CSCN1CC=CC(C(N)=O)=C1C. The standard InChI is InChI=1S/C9H14N2OS/c1-7-8(9(10)12)4-3-5-11(7)6-13-2/h3-4H,5-6H2,1-2H3,(H2,10,12). The van der Waals surface area contributed by atoms with Crippen LogP contribution in [-0.2, 0) is 4.79 Å². The minimum atomic E-state index is -0.348. The second-order valence-electron chi connectivity index (χ2n) is 2.91. The van der Waals surface area contributed by atoms with Crippen molar-refractivity contribution < 1.29 is 4.79 Å². The van der Waals surface area contributed by atoms with Crippen molar-refractivity contribution in [3.8, 4) is 0 Å². The highest BCUT2D eigenvalue weighted by atomic mass is 32.2. The van der Waals surface area contributed by atoms with Crippen molar-refractivity contribution in [1.29, 1.82) is 0 Å². The topological polar surface area (TPSA) is 46.3 Å². The molecule has 4 heteroatoms. The maximum Gasteiger partial charge on any atom is 0.250 e. The normalized spacial score (nSPS) is 16.6. The lowest BCUT2D eigenvalue weighted by molar-refractivity contribution is -0.114. The molecule has 1 aliphatic rings. The number of hydrogen-bond acceptors (Lipinski definition) is 3. The molecule has 0 unspecified atom stereocenters. The Morgan fingerprint density at radius 3 is 3.00 bits per heavy atom. The third-order valence-electron chi connectivity index (χ3n) is 2.02. The average Bonchev–Trinajstić information content (AvgIpc) is 2.08. The van der Waals surface area contributed by atoms with Crippen molar-refractivity contribution >= 4 is 17.7 Å². The van der Waals surface area contributed by atoms with Crippen LogP contribution in [0.3, 0.4) is 0 Å². The Labute approximate surface area is 82.7 Å². The van der Waals surface area contributed by atoms with E-state index in [2.05, 4.69) is 4.90 Å². The smallest absolute Gasteiger partial charge is 0.250 e. The number of hydrogen-bond donors (Lipinski definition) is 1. The van der Waals surface area contributed by atoms with Crippen LogP contribution in [0.15, 0.2) is 23.4 Å². The van der Waals surface area contributed by atoms with E-state index in [-0.39, 0.29) is 5.91 Å². The zero-order valence-corrected chi connectivity index (χ0v) is 8.73. The number of carbonyl (C=O) groups excluding carboxylic acids is 1. The lowest BCUT2D eigenvalue weighted by Gasteiger charge is -2.27. The second-order valence-corrected chi connectivity index (χ2v) is 3.74. The highest BCUT2D eigenvalue weighted by Crippen LogP contribution is 2.17. The van der Waals surface area contributed by atoms with Gasteiger partial charge in [0.2, 0.25) is 5.91 Å². The summed E-state index contributed by atoms with van der Waals surface area (Å²) in [4.78, 5) is 13.1. The summed E-state index contributed by atoms with van der Waals surface area (Å²) in [6.45, 7) is 2.79. The lowest BCUT2D eigenvalue weighted by Crippen LogP contribution is -2.28. The first-order valence-electron chi connectivity index (χ1n) is 4.08. The van der Waals surface area contributed by atoms with E-state index in [0.29, 0.717) is 5.57 Å². The van der Waals surface area contributed by atoms with Gasteiger partial charge in [0.1, 0.15) is 0 Å². The third kappa shape index (κ3) is 2.28. The molecule has 0 spiro atoms. The molecular weight excluding hydrogens is 184 g/mol. The van der Waals surface area contributed by atoms with E-state index in [4.69, 9.17) is 5.73 Å². The molecule has 0 aliphatic carbocycles. The quantitative estimate of drug-likeness (QED) is 0.734. The molecule has 0 radical (unpaired) electrons. The summed E-state index contributed by atoms with van der Waals surface area (Å²) in [5.74, 6) is 0.548. The minimum Gasteiger partial charge on any atom is -0.366 e. The highest BCUT2D eigenvalue weighted by molar-refractivity contribution is 7.98. The van der Waals surface area contributed by atoms with Crippen LogP contribution in [0.2, 0.25) is 0 Å². The molecule has 0 saturated heterocycles. The zero-order valence-electron chi connectivity index (χ0n) is 7.91. The van der Waals surface area contributed by atoms with Crippen LogP contribution in [0, 0.1) is 0 Å². The highest BCUT2D eigenvalue weighted by Gasteiger charge is 2.14. The van der Waals surface area contributed by atoms with Crippen molar-refractivity contribution in [2.75, 3.05) is 18.7 Å². The maximum absolute atomic E-state index is 11.0. The Kier molecular flexibility index (Phi) is 3.42. The molecule has 1 heterocycles. The van der Waals surface area contributed by atoms with Crippen LogP contribution in [0.4, 0.5) is 0 Å². The van der Waals surface area contributed by atoms with Crippen molar-refractivity contribution in [2.45, 2.75) is 6.92 Å². The Bertz CT molecular complexity index is 271. The molecule has 0 saturated carbocycles. The van der Waals surface area contributed by atoms with E-state index in [1.54, 1.807) is 17.8 Å². The molecule has 0 fully saturated rings. The monoisotopic (exact) mass is 198 g/mol. The van der Waals surface area contributed by atoms with E-state index < -0.39 is 0 Å². The Hall–Kier alpha value is -0.900. The molecule has 0 aromatic carbocycles. The van der Waals surface area contributed by atoms with Crippen LogP contribution < -0.4 is 5.73 Å². The number of carbonyl (C=O) groups is 1. The number of allylic oxidation sites excluding steroid dienone is 1. The molecular formula is C9H14N2OS. The van der Waals surface area contributed by atoms with Gasteiger partial charge >= 0.3 is 0 Å². The summed E-state index contributed by atoms with van der Waals surface area (Å²) < 4.78 is 0. The summed E-state index contributed by atoms with van der Waals surface area (Å²) in [6.07, 6.45) is 5.80. The van der Waals surface area contributed by atoms with Crippen LogP contribution in [0.25, 0.3) is 0 Å². The molecule has 3 nitrogen and oxygen atoms in total. The summed E-state index contributed by atoms with van der Waals surface area (Å²) >= 11 is 1.73. The van der Waals surface area contributed by atoms with E-state index in [1.807, 2.05) is 19.3 Å². The van der Waals surface area contributed by atoms with Gasteiger partial charge < -0.3 is 10.6 Å². The number of nitrogens with zero attached hydrogens (tertiary/aromatic N) is 1. The van der Waals surface area contributed by atoms with E-state index in [1.165, 1.54) is 0 Å². The van der Waals surface area contributed by atoms with Crippen molar-refractivity contribution in [3.05, 3.63) is 23.4 Å². The molecule has 72 valence electrons. The van der Waals surface area contributed by atoms with Gasteiger partial charge in [0.05, 0.1) is 11.4 Å². The molecule has 13 heavy (non-hydrogen) atoms. The molecule has 0 bridgehead atoms. The largest absolute Gasteiger partial charge is 0.366 e. The second kappa shape index (κ2) is 4.37. The van der Waals surface area contributed by atoms with Gasteiger partial charge in [-0.1, -0.05) is 6.08 Å². The Balaban J connectivity index is 2.85. The Morgan fingerprint density at radius 2 is 2.46 bits per heavy atom. The van der Waals surface area contributed by atoms with Gasteiger partial charge in [0.15, 0.2) is 0 Å². The first-order valence-corrected chi connectivity index (χ1v) is 5.47. The average molecular weight is 198 g/mol. The maximum atomic E-state index is 11.0. The molecule has 1 amide bonds. The molecule has 0 aromatic rings. The van der Waals surface area contributed by atoms with E-state index in [9.17, 15) is 4.79 Å². The number of nitrogens with two attached hydrogens (primary N) is 1. The number of thioether (sulfide) groups is 1. The molecule has 1 aliphatic heterocycles. The predicted octanol–water partition coefficient (Wildman–Crippen LogP) is 0.938. The number of primary amides is 1. The molecule has 2 N–H and O–H groups in total. The first kappa shape index (κ1) is 10.2. The van der Waals surface area contributed by atoms with Crippen LogP contribution in [0.5, 0.6) is 0 Å². The summed E-state index contributed by atoms with van der Waals surface area (Å²) in [5, 5.41) is 0. The molecule has 1 rings (SSSR count). The summed E-state index contributed by atoms with van der Waals surface area (Å²) in [5.41, 5.74) is 6.84. The fourth-order valence-corrected chi connectivity index (χ4v) is 1.90. The van der Waals surface area contributed by atoms with E-state index >= 15 is 0 Å². The lowest BCUT2D eigenvalue weighted by atomic mass is 10.1. The molecule has 0 aromatic heterocycles. The predicted molar refractivity (Wildman–Crippen MR) is 56.1 cm³/mol. The minimum absolute atomic E-state index is 0.348. The van der Waals surface area contributed by atoms with Gasteiger partial charge in [-0.2, -0.15) is 0 Å². The third-order valence-corrected chi connectivity index (χ3v) is 2.59. The summed E-state index contributed by atoms with van der Waals surface area (Å²) in [7, 11) is 0. The fraction of sp³-hybridized carbons (Fsp3) is 0.444. The van der Waals surface area contributed by atoms with Gasteiger partial charge in [-0.05, 0) is 19.3 Å². The van der Waals surface area contributed by atoms with Crippen LogP contribution in [0.1, 0.15) is 6.92 Å². The van der Waals surface area contributed by atoms with Gasteiger partial charge in [-0.3, -0.25) is 4.79 Å². The van der Waals surface area contributed by atoms with Crippen molar-refractivity contribution in [3.63, 3.8) is 0 Å². The summed E-state index contributed by atoms with van der Waals surface area (Å²) in [6, 6.07) is 0. The van der Waals surface area contributed by atoms with Crippen molar-refractivity contribution in [1.82, 2.24) is 4.90 Å².